The number of aromatic hydroxyl groups is 1. The number of amides is 2. The number of carboxylic acids is 1. The number of rotatable bonds is 8. The zero-order valence-electron chi connectivity index (χ0n) is 34.6. The second kappa shape index (κ2) is 16.5. The van der Waals surface area contributed by atoms with Crippen LogP contribution in [0.3, 0.4) is 0 Å². The van der Waals surface area contributed by atoms with Crippen molar-refractivity contribution >= 4 is 46.3 Å². The van der Waals surface area contributed by atoms with E-state index < -0.39 is 71.0 Å². The molecular weight excluding hydrogens is 845 g/mol. The Morgan fingerprint density at radius 1 is 0.818 bits per heavy atom. The smallest absolute Gasteiger partial charge is 0.421 e. The second-order valence-electron chi connectivity index (χ2n) is 16.1. The van der Waals surface area contributed by atoms with Crippen LogP contribution in [-0.4, -0.2) is 65.0 Å². The first-order valence-corrected chi connectivity index (χ1v) is 20.8. The number of para-hydroxylation sites is 1. The normalized spacial score (nSPS) is 22.0. The molecule has 2 N–H and O–H groups in total. The highest BCUT2D eigenvalue weighted by Gasteiger charge is 2.76. The van der Waals surface area contributed by atoms with Crippen molar-refractivity contribution in [2.75, 3.05) is 4.90 Å². The molecule has 3 aliphatic rings. The fourth-order valence-corrected chi connectivity index (χ4v) is 9.78. The Kier molecular flexibility index (Phi) is 10.3. The lowest BCUT2D eigenvalue weighted by molar-refractivity contribution is -0.384. The third-order valence-corrected chi connectivity index (χ3v) is 12.5. The molecule has 3 aliphatic heterocycles. The third-order valence-electron chi connectivity index (χ3n) is 12.5. The molecule has 0 aliphatic carbocycles. The first-order valence-electron chi connectivity index (χ1n) is 20.8. The van der Waals surface area contributed by atoms with Crippen LogP contribution in [-0.2, 0) is 42.4 Å². The summed E-state index contributed by atoms with van der Waals surface area (Å²) in [6.45, 7) is -0.277. The van der Waals surface area contributed by atoms with Gasteiger partial charge in [-0.15, -0.1) is 5.10 Å². The molecule has 4 heterocycles. The van der Waals surface area contributed by atoms with Crippen LogP contribution in [0.1, 0.15) is 51.6 Å². The van der Waals surface area contributed by atoms with Crippen molar-refractivity contribution in [3.8, 4) is 17.6 Å². The number of cyclic esters (lactones) is 1. The first-order chi connectivity index (χ1) is 32.1. The molecule has 0 bridgehead atoms. The van der Waals surface area contributed by atoms with Gasteiger partial charge in [0.05, 0.1) is 28.2 Å². The van der Waals surface area contributed by atoms with E-state index in [1.807, 2.05) is 60.7 Å². The van der Waals surface area contributed by atoms with Crippen molar-refractivity contribution in [1.29, 1.82) is 0 Å². The fourth-order valence-electron chi connectivity index (χ4n) is 9.78. The maximum Gasteiger partial charge on any atom is 0.421 e. The number of non-ortho nitro benzene ring substituents is 1. The van der Waals surface area contributed by atoms with Crippen molar-refractivity contribution in [2.45, 2.75) is 42.8 Å². The number of hydrogen-bond donors (Lipinski definition) is 2. The lowest BCUT2D eigenvalue weighted by Gasteiger charge is -2.46. The molecule has 10 rings (SSSR count). The number of aromatic nitrogens is 3. The summed E-state index contributed by atoms with van der Waals surface area (Å²) in [5.41, 5.74) is 1.45. The number of benzene rings is 6. The number of anilines is 1. The molecule has 6 aromatic carbocycles. The number of morpholine rings is 1. The Morgan fingerprint density at radius 2 is 1.50 bits per heavy atom. The Labute approximate surface area is 375 Å². The van der Waals surface area contributed by atoms with E-state index in [0.717, 1.165) is 10.4 Å². The number of imide groups is 1. The minimum absolute atomic E-state index is 0.000586. The van der Waals surface area contributed by atoms with Gasteiger partial charge in [-0.25, -0.2) is 14.4 Å². The number of phenols is 1. The number of ether oxygens (including phenoxy) is 2. The highest BCUT2D eigenvalue weighted by molar-refractivity contribution is 6.23. The van der Waals surface area contributed by atoms with Crippen molar-refractivity contribution < 1.29 is 43.8 Å². The van der Waals surface area contributed by atoms with E-state index >= 15 is 4.79 Å². The number of carboxylic acid groups (broad SMARTS) is 1. The first kappa shape index (κ1) is 41.3. The van der Waals surface area contributed by atoms with E-state index in [1.54, 1.807) is 58.1 Å². The molecule has 0 radical (unpaired) electrons. The summed E-state index contributed by atoms with van der Waals surface area (Å²) in [5.74, 6) is 0.850. The number of hydrogen-bond acceptors (Lipinski definition) is 12. The zero-order valence-corrected chi connectivity index (χ0v) is 34.6. The monoisotopic (exact) mass is 880 g/mol. The largest absolute Gasteiger partial charge is 0.508 e. The van der Waals surface area contributed by atoms with Gasteiger partial charge in [0, 0.05) is 17.7 Å². The predicted octanol–water partition coefficient (Wildman–Crippen LogP) is 7.18. The molecule has 2 fully saturated rings. The Morgan fingerprint density at radius 3 is 2.20 bits per heavy atom. The van der Waals surface area contributed by atoms with Crippen LogP contribution in [0.5, 0.6) is 5.75 Å². The molecule has 0 saturated carbocycles. The maximum atomic E-state index is 16.0. The molecule has 2 amide bonds. The van der Waals surface area contributed by atoms with Crippen LogP contribution in [0, 0.1) is 27.9 Å². The standard InChI is InChI=1S/C50H36N6O10/c57-36-24-20-34(21-25-36)45-50(41(46(58)59)43-47(60)66-44(33-13-5-2-6-14-33)42(55(43)45)32-11-3-1-4-12-32)37-28-30(10-9-27-53-40-16-8-7-15-38(40)51-52-53)19-26-39(37)54(48(50)61)49(62)65-29-31-17-22-35(23-18-31)56(63)64/h1-8,11-26,28,41-45,57H,27,29H2,(H,58,59). The summed E-state index contributed by atoms with van der Waals surface area (Å²) < 4.78 is 13.7. The van der Waals surface area contributed by atoms with E-state index in [1.165, 1.54) is 42.5 Å². The summed E-state index contributed by atoms with van der Waals surface area (Å²) in [5, 5.41) is 41.9. The SMILES string of the molecule is O=C1OC(c2ccccc2)C(c2ccccc2)N2C1C(C(=O)O)C1(C(=O)N(C(=O)OCc3ccc([N+](=O)[O-])cc3)c3ccc(C#CCn4nnc5ccccc54)cc31)C2c1ccc(O)cc1. The molecule has 1 aromatic heterocycles. The van der Waals surface area contributed by atoms with Gasteiger partial charge in [-0.3, -0.25) is 29.4 Å². The minimum Gasteiger partial charge on any atom is -0.508 e. The third kappa shape index (κ3) is 6.77. The lowest BCUT2D eigenvalue weighted by atomic mass is 9.65. The molecule has 16 nitrogen and oxygen atoms in total. The van der Waals surface area contributed by atoms with E-state index in [0.29, 0.717) is 33.3 Å². The summed E-state index contributed by atoms with van der Waals surface area (Å²) in [4.78, 5) is 72.8. The van der Waals surface area contributed by atoms with Gasteiger partial charge >= 0.3 is 18.0 Å². The number of nitro benzene ring substituents is 1. The molecule has 16 heteroatoms. The number of esters is 1. The fraction of sp³-hybridized carbons (Fsp3) is 0.160. The number of aliphatic carboxylic acids is 1. The van der Waals surface area contributed by atoms with Gasteiger partial charge in [-0.05, 0) is 82.4 Å². The van der Waals surface area contributed by atoms with Crippen molar-refractivity contribution in [3.63, 3.8) is 0 Å². The minimum atomic E-state index is -2.26. The number of nitrogens with zero attached hydrogens (tertiary/aromatic N) is 6. The molecule has 7 aromatic rings. The van der Waals surface area contributed by atoms with Gasteiger partial charge in [-0.2, -0.15) is 0 Å². The lowest BCUT2D eigenvalue weighted by Crippen LogP contribution is -2.53. The molecule has 66 heavy (non-hydrogen) atoms. The van der Waals surface area contributed by atoms with Gasteiger partial charge in [0.25, 0.3) is 5.69 Å². The highest BCUT2D eigenvalue weighted by Crippen LogP contribution is 2.66. The van der Waals surface area contributed by atoms with Gasteiger partial charge in [-0.1, -0.05) is 102 Å². The highest BCUT2D eigenvalue weighted by atomic mass is 16.6. The molecule has 6 unspecified atom stereocenters. The zero-order chi connectivity index (χ0) is 45.7. The molecule has 6 atom stereocenters. The quantitative estimate of drug-likeness (QED) is 0.0672. The number of carbonyl (C=O) groups is 4. The number of fused-ring (bicyclic) bond motifs is 4. The molecule has 326 valence electrons. The maximum absolute atomic E-state index is 16.0. The number of phenolic OH excluding ortho intramolecular Hbond substituents is 1. The second-order valence-corrected chi connectivity index (χ2v) is 16.1. The Bertz CT molecular complexity index is 3130. The molecule has 1 spiro atoms. The van der Waals surface area contributed by atoms with E-state index in [9.17, 15) is 34.7 Å². The molecular formula is C50H36N6O10. The van der Waals surface area contributed by atoms with Gasteiger partial charge < -0.3 is 19.7 Å². The Hall–Kier alpha value is -8.68. The van der Waals surface area contributed by atoms with Crippen LogP contribution < -0.4 is 4.90 Å². The van der Waals surface area contributed by atoms with Crippen molar-refractivity contribution in [1.82, 2.24) is 19.9 Å². The van der Waals surface area contributed by atoms with Crippen LogP contribution in [0.25, 0.3) is 11.0 Å². The topological polar surface area (TPSA) is 208 Å². The van der Waals surface area contributed by atoms with E-state index in [4.69, 9.17) is 9.47 Å². The van der Waals surface area contributed by atoms with Crippen LogP contribution in [0.4, 0.5) is 16.2 Å². The van der Waals surface area contributed by atoms with Crippen molar-refractivity contribution in [3.05, 3.63) is 195 Å². The van der Waals surface area contributed by atoms with Gasteiger partial charge in [0.15, 0.2) is 0 Å². The number of carbonyl (C=O) groups excluding carboxylic acids is 3. The predicted molar refractivity (Wildman–Crippen MR) is 235 cm³/mol. The van der Waals surface area contributed by atoms with E-state index in [2.05, 4.69) is 22.2 Å². The summed E-state index contributed by atoms with van der Waals surface area (Å²) in [6, 6.07) is 37.6. The van der Waals surface area contributed by atoms with Crippen LogP contribution in [0.2, 0.25) is 0 Å². The molecule has 2 saturated heterocycles. The van der Waals surface area contributed by atoms with Crippen LogP contribution >= 0.6 is 0 Å². The van der Waals surface area contributed by atoms with Gasteiger partial charge in [0.1, 0.15) is 47.9 Å². The summed E-state index contributed by atoms with van der Waals surface area (Å²) in [6.07, 6.45) is -2.15. The average Bonchev–Trinajstić information content (AvgIpc) is 3.98. The van der Waals surface area contributed by atoms with Crippen LogP contribution in [0.15, 0.2) is 152 Å². The van der Waals surface area contributed by atoms with E-state index in [-0.39, 0.29) is 29.2 Å². The van der Waals surface area contributed by atoms with Gasteiger partial charge in [0.2, 0.25) is 5.91 Å². The van der Waals surface area contributed by atoms with Crippen molar-refractivity contribution in [2.24, 2.45) is 5.92 Å². The average molecular weight is 881 g/mol. The summed E-state index contributed by atoms with van der Waals surface area (Å²) >= 11 is 0. The number of nitro groups is 1. The Balaban J connectivity index is 1.18. The summed E-state index contributed by atoms with van der Waals surface area (Å²) in [7, 11) is 0.